The third-order valence-electron chi connectivity index (χ3n) is 2.59. The molecule has 20 heavy (non-hydrogen) atoms. The van der Waals surface area contributed by atoms with E-state index in [-0.39, 0.29) is 5.92 Å². The molecule has 1 unspecified atom stereocenters. The third-order valence-corrected chi connectivity index (χ3v) is 4.13. The van der Waals surface area contributed by atoms with Gasteiger partial charge in [0.25, 0.3) is 0 Å². The molecule has 0 aromatic heterocycles. The Hall–Kier alpha value is -1.12. The summed E-state index contributed by atoms with van der Waals surface area (Å²) in [5, 5.41) is 9.10. The topological polar surface area (TPSA) is 66.4 Å². The number of benzene rings is 1. The van der Waals surface area contributed by atoms with E-state index < -0.39 is 45.0 Å². The van der Waals surface area contributed by atoms with E-state index in [0.717, 1.165) is 0 Å². The highest BCUT2D eigenvalue weighted by Crippen LogP contribution is 2.20. The van der Waals surface area contributed by atoms with Gasteiger partial charge in [0.15, 0.2) is 17.5 Å². The number of sulfonamides is 1. The van der Waals surface area contributed by atoms with Crippen molar-refractivity contribution in [3.05, 3.63) is 29.6 Å². The second-order valence-electron chi connectivity index (χ2n) is 4.80. The summed E-state index contributed by atoms with van der Waals surface area (Å²) in [6, 6.07) is 0.344. The summed E-state index contributed by atoms with van der Waals surface area (Å²) in [5.74, 6) is -5.01. The van der Waals surface area contributed by atoms with Gasteiger partial charge in [-0.05, 0) is 24.5 Å². The van der Waals surface area contributed by atoms with E-state index in [0.29, 0.717) is 18.6 Å². The van der Waals surface area contributed by atoms with Gasteiger partial charge in [0.05, 0.1) is 6.61 Å². The number of aliphatic hydroxyl groups excluding tert-OH is 1. The fourth-order valence-electron chi connectivity index (χ4n) is 1.73. The first-order valence-corrected chi connectivity index (χ1v) is 7.44. The smallest absolute Gasteiger partial charge is 0.243 e. The average molecular weight is 311 g/mol. The molecule has 1 aromatic carbocycles. The molecule has 2 N–H and O–H groups in total. The van der Waals surface area contributed by atoms with Gasteiger partial charge in [-0.25, -0.2) is 26.3 Å². The first kappa shape index (κ1) is 16.9. The third kappa shape index (κ3) is 3.94. The van der Waals surface area contributed by atoms with Gasteiger partial charge in [-0.3, -0.25) is 0 Å². The molecule has 0 saturated heterocycles. The molecule has 0 fully saturated rings. The van der Waals surface area contributed by atoms with Crippen LogP contribution in [0.2, 0.25) is 0 Å². The Balaban J connectivity index is 3.08. The lowest BCUT2D eigenvalue weighted by molar-refractivity contribution is 0.240. The van der Waals surface area contributed by atoms with Crippen molar-refractivity contribution in [2.75, 3.05) is 6.61 Å². The van der Waals surface area contributed by atoms with Gasteiger partial charge >= 0.3 is 0 Å². The monoisotopic (exact) mass is 311 g/mol. The van der Waals surface area contributed by atoms with E-state index >= 15 is 0 Å². The fraction of sp³-hybridized carbons (Fsp3) is 0.500. The van der Waals surface area contributed by atoms with E-state index in [4.69, 9.17) is 5.11 Å². The largest absolute Gasteiger partial charge is 0.395 e. The first-order valence-electron chi connectivity index (χ1n) is 5.95. The van der Waals surface area contributed by atoms with E-state index in [2.05, 4.69) is 4.72 Å². The lowest BCUT2D eigenvalue weighted by Crippen LogP contribution is -2.38. The second-order valence-corrected chi connectivity index (χ2v) is 6.49. The zero-order chi connectivity index (χ0) is 15.5. The molecule has 0 aliphatic carbocycles. The van der Waals surface area contributed by atoms with Crippen LogP contribution in [0.25, 0.3) is 0 Å². The lowest BCUT2D eigenvalue weighted by Gasteiger charge is -2.18. The van der Waals surface area contributed by atoms with Crippen molar-refractivity contribution < 1.29 is 26.7 Å². The van der Waals surface area contributed by atoms with Crippen molar-refractivity contribution in [3.63, 3.8) is 0 Å². The molecular weight excluding hydrogens is 295 g/mol. The second kappa shape index (κ2) is 6.55. The van der Waals surface area contributed by atoms with Crippen LogP contribution in [0.3, 0.4) is 0 Å². The molecule has 0 spiro atoms. The molecule has 0 radical (unpaired) electrons. The Kier molecular flexibility index (Phi) is 5.55. The molecule has 1 aromatic rings. The summed E-state index contributed by atoms with van der Waals surface area (Å²) in [7, 11) is -4.38. The quantitative estimate of drug-likeness (QED) is 0.787. The van der Waals surface area contributed by atoms with Crippen LogP contribution in [-0.2, 0) is 10.0 Å². The van der Waals surface area contributed by atoms with Gasteiger partial charge in [-0.1, -0.05) is 13.8 Å². The van der Waals surface area contributed by atoms with Crippen LogP contribution >= 0.6 is 0 Å². The first-order chi connectivity index (χ1) is 9.19. The molecule has 1 atom stereocenters. The Morgan fingerprint density at radius 3 is 2.30 bits per heavy atom. The molecule has 0 heterocycles. The van der Waals surface area contributed by atoms with Gasteiger partial charge in [-0.15, -0.1) is 0 Å². The molecule has 114 valence electrons. The van der Waals surface area contributed by atoms with Crippen LogP contribution in [0.15, 0.2) is 17.0 Å². The van der Waals surface area contributed by atoms with Gasteiger partial charge < -0.3 is 5.11 Å². The van der Waals surface area contributed by atoms with E-state index in [1.807, 2.05) is 13.8 Å². The molecule has 4 nitrogen and oxygen atoms in total. The van der Waals surface area contributed by atoms with Crippen LogP contribution in [0.5, 0.6) is 0 Å². The lowest BCUT2D eigenvalue weighted by atomic mass is 10.1. The van der Waals surface area contributed by atoms with Gasteiger partial charge in [-0.2, -0.15) is 0 Å². The minimum absolute atomic E-state index is 0.0876. The van der Waals surface area contributed by atoms with Crippen molar-refractivity contribution >= 4 is 10.0 Å². The number of aliphatic hydroxyl groups is 1. The van der Waals surface area contributed by atoms with Gasteiger partial charge in [0.1, 0.15) is 4.90 Å². The predicted octanol–water partition coefficient (Wildman–Crippen LogP) is 1.79. The Labute approximate surface area is 115 Å². The maximum Gasteiger partial charge on any atom is 0.243 e. The van der Waals surface area contributed by atoms with Crippen LogP contribution in [0, 0.1) is 23.4 Å². The number of hydrogen-bond acceptors (Lipinski definition) is 3. The SMILES string of the molecule is CC(C)CC(CO)NS(=O)(=O)c1ccc(F)c(F)c1F. The van der Waals surface area contributed by atoms with Crippen LogP contribution in [0.1, 0.15) is 20.3 Å². The number of nitrogens with one attached hydrogen (secondary N) is 1. The van der Waals surface area contributed by atoms with Crippen molar-refractivity contribution in [2.24, 2.45) is 5.92 Å². The highest BCUT2D eigenvalue weighted by Gasteiger charge is 2.26. The highest BCUT2D eigenvalue weighted by atomic mass is 32.2. The van der Waals surface area contributed by atoms with Crippen molar-refractivity contribution in [1.82, 2.24) is 4.72 Å². The zero-order valence-electron chi connectivity index (χ0n) is 11.0. The summed E-state index contributed by atoms with van der Waals surface area (Å²) in [6.45, 7) is 3.15. The standard InChI is InChI=1S/C12H16F3NO3S/c1-7(2)5-8(6-17)16-20(18,19)10-4-3-9(13)11(14)12(10)15/h3-4,7-8,16-17H,5-6H2,1-2H3. The van der Waals surface area contributed by atoms with Crippen molar-refractivity contribution in [2.45, 2.75) is 31.2 Å². The summed E-state index contributed by atoms with van der Waals surface area (Å²) < 4.78 is 65.2. The molecule has 0 amide bonds. The molecule has 0 aliphatic heterocycles. The van der Waals surface area contributed by atoms with Crippen LogP contribution in [-0.4, -0.2) is 26.2 Å². The number of halogens is 3. The Morgan fingerprint density at radius 2 is 1.80 bits per heavy atom. The maximum absolute atomic E-state index is 13.5. The molecule has 1 rings (SSSR count). The summed E-state index contributed by atoms with van der Waals surface area (Å²) in [4.78, 5) is -0.987. The van der Waals surface area contributed by atoms with E-state index in [1.165, 1.54) is 0 Å². The normalized spacial score (nSPS) is 13.8. The summed E-state index contributed by atoms with van der Waals surface area (Å²) in [6.07, 6.45) is 0.320. The Morgan fingerprint density at radius 1 is 1.20 bits per heavy atom. The predicted molar refractivity (Wildman–Crippen MR) is 67.0 cm³/mol. The molecular formula is C12H16F3NO3S. The zero-order valence-corrected chi connectivity index (χ0v) is 11.8. The molecule has 8 heteroatoms. The highest BCUT2D eigenvalue weighted by molar-refractivity contribution is 7.89. The number of rotatable bonds is 6. The van der Waals surface area contributed by atoms with Gasteiger partial charge in [0.2, 0.25) is 10.0 Å². The van der Waals surface area contributed by atoms with Crippen LogP contribution < -0.4 is 4.72 Å². The minimum Gasteiger partial charge on any atom is -0.395 e. The van der Waals surface area contributed by atoms with Crippen molar-refractivity contribution in [3.8, 4) is 0 Å². The molecule has 0 bridgehead atoms. The number of hydrogen-bond donors (Lipinski definition) is 2. The maximum atomic E-state index is 13.5. The van der Waals surface area contributed by atoms with E-state index in [1.54, 1.807) is 0 Å². The Bertz CT molecular complexity index is 576. The van der Waals surface area contributed by atoms with E-state index in [9.17, 15) is 21.6 Å². The fourth-order valence-corrected chi connectivity index (χ4v) is 3.04. The van der Waals surface area contributed by atoms with Crippen LogP contribution in [0.4, 0.5) is 13.2 Å². The summed E-state index contributed by atoms with van der Waals surface area (Å²) in [5.41, 5.74) is 0. The summed E-state index contributed by atoms with van der Waals surface area (Å²) >= 11 is 0. The molecule has 0 aliphatic rings. The van der Waals surface area contributed by atoms with Crippen molar-refractivity contribution in [1.29, 1.82) is 0 Å². The average Bonchev–Trinajstić information content (AvgIpc) is 2.33. The van der Waals surface area contributed by atoms with Gasteiger partial charge in [0, 0.05) is 6.04 Å². The molecule has 0 saturated carbocycles. The minimum atomic E-state index is -4.38.